The first-order valence-corrected chi connectivity index (χ1v) is 10.6. The van der Waals surface area contributed by atoms with Crippen LogP contribution in [0.5, 0.6) is 5.75 Å². The van der Waals surface area contributed by atoms with Gasteiger partial charge in [0, 0.05) is 31.1 Å². The van der Waals surface area contributed by atoms with Gasteiger partial charge in [0.05, 0.1) is 5.56 Å². The average molecular weight is 429 g/mol. The molecular formula is C25H26F3NO2. The van der Waals surface area contributed by atoms with Crippen molar-refractivity contribution < 1.29 is 22.7 Å². The van der Waals surface area contributed by atoms with Crippen LogP contribution in [0.4, 0.5) is 13.2 Å². The zero-order valence-electron chi connectivity index (χ0n) is 17.8. The van der Waals surface area contributed by atoms with Crippen LogP contribution in [-0.2, 0) is 17.6 Å². The van der Waals surface area contributed by atoms with Crippen LogP contribution in [0.15, 0.2) is 48.0 Å². The highest BCUT2D eigenvalue weighted by Gasteiger charge is 2.33. The molecule has 0 amide bonds. The molecular weight excluding hydrogens is 403 g/mol. The maximum Gasteiger partial charge on any atom is 0.416 e. The summed E-state index contributed by atoms with van der Waals surface area (Å²) in [5.41, 5.74) is 3.78. The minimum atomic E-state index is -4.41. The quantitative estimate of drug-likeness (QED) is 0.625. The Labute approximate surface area is 180 Å². The lowest BCUT2D eigenvalue weighted by atomic mass is 9.86. The summed E-state index contributed by atoms with van der Waals surface area (Å²) in [6.07, 6.45) is -2.91. The van der Waals surface area contributed by atoms with Crippen LogP contribution >= 0.6 is 0 Å². The maximum atomic E-state index is 13.5. The number of hydrogen-bond acceptors (Lipinski definition) is 3. The number of hydrogen-bond donors (Lipinski definition) is 0. The van der Waals surface area contributed by atoms with E-state index in [1.807, 2.05) is 31.2 Å². The number of ether oxygens (including phenoxy) is 1. The Kier molecular flexibility index (Phi) is 5.93. The molecule has 31 heavy (non-hydrogen) atoms. The van der Waals surface area contributed by atoms with Crippen LogP contribution in [0.1, 0.15) is 48.9 Å². The average Bonchev–Trinajstić information content (AvgIpc) is 2.90. The van der Waals surface area contributed by atoms with Crippen molar-refractivity contribution in [2.45, 2.75) is 39.5 Å². The SMILES string of the molecule is CC(=O)C(C)CN1CCC(=C2c3ccccc3COc3ccc(C(F)(F)F)cc32)CC1. The minimum absolute atomic E-state index is 0.0173. The lowest BCUT2D eigenvalue weighted by Gasteiger charge is -2.31. The molecule has 0 bridgehead atoms. The minimum Gasteiger partial charge on any atom is -0.488 e. The molecule has 0 radical (unpaired) electrons. The second-order valence-electron chi connectivity index (χ2n) is 8.45. The number of halogens is 3. The fourth-order valence-corrected chi connectivity index (χ4v) is 4.37. The summed E-state index contributed by atoms with van der Waals surface area (Å²) in [6, 6.07) is 11.5. The van der Waals surface area contributed by atoms with Crippen LogP contribution in [0, 0.1) is 5.92 Å². The van der Waals surface area contributed by atoms with Gasteiger partial charge in [-0.2, -0.15) is 13.2 Å². The molecule has 0 aromatic heterocycles. The number of ketones is 1. The van der Waals surface area contributed by atoms with E-state index in [-0.39, 0.29) is 11.7 Å². The molecule has 2 aromatic carbocycles. The van der Waals surface area contributed by atoms with E-state index in [9.17, 15) is 18.0 Å². The van der Waals surface area contributed by atoms with E-state index in [2.05, 4.69) is 4.90 Å². The number of carbonyl (C=O) groups is 1. The molecule has 2 heterocycles. The van der Waals surface area contributed by atoms with Gasteiger partial charge in [-0.3, -0.25) is 4.79 Å². The van der Waals surface area contributed by atoms with E-state index in [4.69, 9.17) is 4.74 Å². The lowest BCUT2D eigenvalue weighted by Crippen LogP contribution is -2.36. The first-order valence-electron chi connectivity index (χ1n) is 10.6. The third-order valence-corrected chi connectivity index (χ3v) is 6.29. The number of carbonyl (C=O) groups excluding carboxylic acids is 1. The van der Waals surface area contributed by atoms with Gasteiger partial charge in [-0.1, -0.05) is 36.8 Å². The first-order chi connectivity index (χ1) is 14.7. The van der Waals surface area contributed by atoms with Gasteiger partial charge >= 0.3 is 6.18 Å². The van der Waals surface area contributed by atoms with Crippen molar-refractivity contribution in [2.24, 2.45) is 5.92 Å². The van der Waals surface area contributed by atoms with Gasteiger partial charge < -0.3 is 9.64 Å². The third kappa shape index (κ3) is 4.54. The largest absolute Gasteiger partial charge is 0.488 e. The summed E-state index contributed by atoms with van der Waals surface area (Å²) >= 11 is 0. The Morgan fingerprint density at radius 3 is 2.48 bits per heavy atom. The highest BCUT2D eigenvalue weighted by molar-refractivity contribution is 5.87. The standard InChI is InChI=1S/C25H26F3NO2/c1-16(17(2)30)14-29-11-9-18(10-12-29)24-21-6-4-3-5-19(21)15-31-23-8-7-20(13-22(23)24)25(26,27)28/h3-8,13,16H,9-12,14-15H2,1-2H3. The summed E-state index contributed by atoms with van der Waals surface area (Å²) in [5, 5.41) is 0. The molecule has 1 saturated heterocycles. The summed E-state index contributed by atoms with van der Waals surface area (Å²) in [7, 11) is 0. The molecule has 2 aliphatic rings. The number of Topliss-reactive ketones (excluding diaryl/α,β-unsaturated/α-hetero) is 1. The molecule has 164 valence electrons. The predicted molar refractivity (Wildman–Crippen MR) is 114 cm³/mol. The number of benzene rings is 2. The van der Waals surface area contributed by atoms with Crippen molar-refractivity contribution in [2.75, 3.05) is 19.6 Å². The number of alkyl halides is 3. The molecule has 1 fully saturated rings. The Morgan fingerprint density at radius 1 is 1.10 bits per heavy atom. The van der Waals surface area contributed by atoms with Crippen molar-refractivity contribution >= 4 is 11.4 Å². The number of rotatable bonds is 3. The fourth-order valence-electron chi connectivity index (χ4n) is 4.37. The molecule has 2 aromatic rings. The molecule has 3 nitrogen and oxygen atoms in total. The molecule has 1 atom stereocenters. The van der Waals surface area contributed by atoms with Gasteiger partial charge in [0.25, 0.3) is 0 Å². The van der Waals surface area contributed by atoms with Crippen molar-refractivity contribution in [3.8, 4) is 5.75 Å². The topological polar surface area (TPSA) is 29.5 Å². The van der Waals surface area contributed by atoms with E-state index in [1.165, 1.54) is 12.1 Å². The van der Waals surface area contributed by atoms with Crippen LogP contribution < -0.4 is 4.74 Å². The van der Waals surface area contributed by atoms with E-state index in [1.54, 1.807) is 6.92 Å². The maximum absolute atomic E-state index is 13.5. The first kappa shape index (κ1) is 21.6. The van der Waals surface area contributed by atoms with Crippen LogP contribution in [0.2, 0.25) is 0 Å². The van der Waals surface area contributed by atoms with Gasteiger partial charge in [0.2, 0.25) is 0 Å². The molecule has 2 aliphatic heterocycles. The van der Waals surface area contributed by atoms with Crippen LogP contribution in [-0.4, -0.2) is 30.3 Å². The highest BCUT2D eigenvalue weighted by Crippen LogP contribution is 2.43. The normalized spacial score (nSPS) is 18.0. The van der Waals surface area contributed by atoms with Crippen LogP contribution in [0.3, 0.4) is 0 Å². The van der Waals surface area contributed by atoms with Crippen LogP contribution in [0.25, 0.3) is 5.57 Å². The molecule has 0 saturated carbocycles. The molecule has 0 aliphatic carbocycles. The fraction of sp³-hybridized carbons (Fsp3) is 0.400. The highest BCUT2D eigenvalue weighted by atomic mass is 19.4. The van der Waals surface area contributed by atoms with Crippen molar-refractivity contribution in [1.29, 1.82) is 0 Å². The van der Waals surface area contributed by atoms with E-state index in [0.717, 1.165) is 54.3 Å². The number of likely N-dealkylation sites (tertiary alicyclic amines) is 1. The van der Waals surface area contributed by atoms with Gasteiger partial charge in [0.1, 0.15) is 18.1 Å². The smallest absolute Gasteiger partial charge is 0.416 e. The summed E-state index contributed by atoms with van der Waals surface area (Å²) in [5.74, 6) is 0.642. The van der Waals surface area contributed by atoms with E-state index in [0.29, 0.717) is 24.5 Å². The zero-order chi connectivity index (χ0) is 22.2. The van der Waals surface area contributed by atoms with Gasteiger partial charge in [-0.25, -0.2) is 0 Å². The second kappa shape index (κ2) is 8.50. The number of nitrogens with zero attached hydrogens (tertiary/aromatic N) is 1. The van der Waals surface area contributed by atoms with Gasteiger partial charge in [0.15, 0.2) is 0 Å². The Balaban J connectivity index is 1.75. The number of piperidine rings is 1. The number of fused-ring (bicyclic) bond motifs is 2. The monoisotopic (exact) mass is 429 g/mol. The third-order valence-electron chi connectivity index (χ3n) is 6.29. The second-order valence-corrected chi connectivity index (χ2v) is 8.45. The molecule has 0 N–H and O–H groups in total. The molecule has 0 spiro atoms. The Bertz CT molecular complexity index is 1020. The predicted octanol–water partition coefficient (Wildman–Crippen LogP) is 5.72. The Hall–Kier alpha value is -2.60. The van der Waals surface area contributed by atoms with Crippen molar-refractivity contribution in [1.82, 2.24) is 4.90 Å². The lowest BCUT2D eigenvalue weighted by molar-refractivity contribution is -0.137. The van der Waals surface area contributed by atoms with Crippen molar-refractivity contribution in [3.63, 3.8) is 0 Å². The molecule has 1 unspecified atom stereocenters. The zero-order valence-corrected chi connectivity index (χ0v) is 17.8. The van der Waals surface area contributed by atoms with E-state index < -0.39 is 11.7 Å². The molecule has 6 heteroatoms. The molecule has 4 rings (SSSR count). The summed E-state index contributed by atoms with van der Waals surface area (Å²) in [6.45, 7) is 6.16. The summed E-state index contributed by atoms with van der Waals surface area (Å²) < 4.78 is 46.3. The summed E-state index contributed by atoms with van der Waals surface area (Å²) in [4.78, 5) is 13.9. The van der Waals surface area contributed by atoms with Crippen molar-refractivity contribution in [3.05, 3.63) is 70.3 Å². The van der Waals surface area contributed by atoms with Gasteiger partial charge in [-0.05, 0) is 54.7 Å². The van der Waals surface area contributed by atoms with E-state index >= 15 is 0 Å². The van der Waals surface area contributed by atoms with Gasteiger partial charge in [-0.15, -0.1) is 0 Å². The Morgan fingerprint density at radius 2 is 1.81 bits per heavy atom.